The number of furan rings is 1. The molecule has 17 heavy (non-hydrogen) atoms. The smallest absolute Gasteiger partial charge is 0.293 e. The molecule has 0 bridgehead atoms. The van der Waals surface area contributed by atoms with Crippen LogP contribution in [0.4, 0.5) is 0 Å². The van der Waals surface area contributed by atoms with E-state index in [9.17, 15) is 4.79 Å². The molecule has 1 aliphatic rings. The number of rotatable bonds is 1. The molecule has 2 heterocycles. The number of thiocarbonyl (C=S) groups is 1. The summed E-state index contributed by atoms with van der Waals surface area (Å²) in [7, 11) is 0. The van der Waals surface area contributed by atoms with Gasteiger partial charge in [-0.05, 0) is 50.5 Å². The van der Waals surface area contributed by atoms with Crippen LogP contribution in [0.15, 0.2) is 22.8 Å². The first-order valence-corrected chi connectivity index (χ1v) is 6.25. The van der Waals surface area contributed by atoms with E-state index in [0.29, 0.717) is 11.2 Å². The fourth-order valence-corrected chi connectivity index (χ4v) is 2.40. The molecule has 92 valence electrons. The van der Waals surface area contributed by atoms with Crippen LogP contribution >= 0.6 is 12.2 Å². The van der Waals surface area contributed by atoms with Crippen molar-refractivity contribution >= 4 is 23.2 Å². The number of carbonyl (C=O) groups is 1. The number of hydrogen-bond acceptors (Lipinski definition) is 3. The standard InChI is InChI=1S/C12H16N2O2S/c1-9-5-2-3-7-14(9)12(17)13-11(15)10-6-4-8-16-10/h4,6,8-9H,2-3,5,7H2,1H3,(H,13,15,17)/t9-/m0/s1. The molecular formula is C12H16N2O2S. The second-order valence-electron chi connectivity index (χ2n) is 4.27. The Morgan fingerprint density at radius 2 is 2.41 bits per heavy atom. The maximum absolute atomic E-state index is 11.7. The summed E-state index contributed by atoms with van der Waals surface area (Å²) in [5.41, 5.74) is 0. The molecule has 5 heteroatoms. The molecule has 0 unspecified atom stereocenters. The Labute approximate surface area is 106 Å². The molecule has 1 aromatic rings. The fraction of sp³-hybridized carbons (Fsp3) is 0.500. The van der Waals surface area contributed by atoms with Gasteiger partial charge in [0.05, 0.1) is 6.26 Å². The Morgan fingerprint density at radius 1 is 1.59 bits per heavy atom. The van der Waals surface area contributed by atoms with Crippen molar-refractivity contribution in [3.63, 3.8) is 0 Å². The van der Waals surface area contributed by atoms with Crippen molar-refractivity contribution in [2.24, 2.45) is 0 Å². The third kappa shape index (κ3) is 2.85. The van der Waals surface area contributed by atoms with Crippen LogP contribution < -0.4 is 5.32 Å². The molecule has 0 spiro atoms. The van der Waals surface area contributed by atoms with Gasteiger partial charge in [-0.15, -0.1) is 0 Å². The lowest BCUT2D eigenvalue weighted by molar-refractivity contribution is 0.0943. The molecule has 1 amide bonds. The van der Waals surface area contributed by atoms with Gasteiger partial charge < -0.3 is 9.32 Å². The van der Waals surface area contributed by atoms with Crippen molar-refractivity contribution in [1.29, 1.82) is 0 Å². The largest absolute Gasteiger partial charge is 0.459 e. The van der Waals surface area contributed by atoms with Crippen LogP contribution in [0.1, 0.15) is 36.7 Å². The van der Waals surface area contributed by atoms with E-state index < -0.39 is 0 Å². The molecule has 1 fully saturated rings. The maximum atomic E-state index is 11.7. The predicted molar refractivity (Wildman–Crippen MR) is 68.8 cm³/mol. The lowest BCUT2D eigenvalue weighted by Crippen LogP contribution is -2.48. The quantitative estimate of drug-likeness (QED) is 0.778. The van der Waals surface area contributed by atoms with Gasteiger partial charge in [-0.25, -0.2) is 0 Å². The van der Waals surface area contributed by atoms with Gasteiger partial charge in [0.25, 0.3) is 5.91 Å². The molecule has 1 atom stereocenters. The molecule has 1 saturated heterocycles. The minimum absolute atomic E-state index is 0.280. The Hall–Kier alpha value is -1.36. The zero-order chi connectivity index (χ0) is 12.3. The normalized spacial score (nSPS) is 20.1. The van der Waals surface area contributed by atoms with Gasteiger partial charge >= 0.3 is 0 Å². The summed E-state index contributed by atoms with van der Waals surface area (Å²) in [4.78, 5) is 13.8. The third-order valence-electron chi connectivity index (χ3n) is 3.03. The van der Waals surface area contributed by atoms with Gasteiger partial charge in [0.15, 0.2) is 10.9 Å². The number of likely N-dealkylation sites (tertiary alicyclic amines) is 1. The highest BCUT2D eigenvalue weighted by Crippen LogP contribution is 2.16. The second-order valence-corrected chi connectivity index (χ2v) is 4.66. The van der Waals surface area contributed by atoms with Gasteiger partial charge in [0, 0.05) is 12.6 Å². The van der Waals surface area contributed by atoms with Crippen molar-refractivity contribution in [2.45, 2.75) is 32.2 Å². The van der Waals surface area contributed by atoms with Crippen molar-refractivity contribution in [3.8, 4) is 0 Å². The van der Waals surface area contributed by atoms with E-state index in [1.165, 1.54) is 12.7 Å². The summed E-state index contributed by atoms with van der Waals surface area (Å²) in [5, 5.41) is 3.21. The first-order valence-electron chi connectivity index (χ1n) is 5.84. The van der Waals surface area contributed by atoms with Crippen LogP contribution in [0, 0.1) is 0 Å². The van der Waals surface area contributed by atoms with Crippen molar-refractivity contribution in [3.05, 3.63) is 24.2 Å². The summed E-state index contributed by atoms with van der Waals surface area (Å²) in [5.74, 6) is 0.00906. The van der Waals surface area contributed by atoms with E-state index in [1.807, 2.05) is 0 Å². The van der Waals surface area contributed by atoms with E-state index in [-0.39, 0.29) is 11.7 Å². The Balaban J connectivity index is 1.94. The first kappa shape index (κ1) is 12.1. The minimum Gasteiger partial charge on any atom is -0.459 e. The van der Waals surface area contributed by atoms with E-state index in [4.69, 9.17) is 16.6 Å². The molecule has 0 radical (unpaired) electrons. The average molecular weight is 252 g/mol. The summed E-state index contributed by atoms with van der Waals surface area (Å²) in [6.45, 7) is 3.04. The highest BCUT2D eigenvalue weighted by Gasteiger charge is 2.22. The van der Waals surface area contributed by atoms with E-state index in [1.54, 1.807) is 12.1 Å². The van der Waals surface area contributed by atoms with Crippen LogP contribution in [-0.2, 0) is 0 Å². The van der Waals surface area contributed by atoms with Gasteiger partial charge in [-0.2, -0.15) is 0 Å². The maximum Gasteiger partial charge on any atom is 0.293 e. The van der Waals surface area contributed by atoms with Crippen molar-refractivity contribution < 1.29 is 9.21 Å². The van der Waals surface area contributed by atoms with Gasteiger partial charge in [-0.1, -0.05) is 0 Å². The molecule has 0 aromatic carbocycles. The second kappa shape index (κ2) is 5.31. The first-order chi connectivity index (χ1) is 8.18. The number of hydrogen-bond donors (Lipinski definition) is 1. The topological polar surface area (TPSA) is 45.5 Å². The van der Waals surface area contributed by atoms with E-state index in [2.05, 4.69) is 17.1 Å². The summed E-state index contributed by atoms with van der Waals surface area (Å²) in [6.07, 6.45) is 4.95. The lowest BCUT2D eigenvalue weighted by atomic mass is 10.0. The van der Waals surface area contributed by atoms with Crippen LogP contribution in [0.25, 0.3) is 0 Å². The van der Waals surface area contributed by atoms with Crippen molar-refractivity contribution in [2.75, 3.05) is 6.54 Å². The number of nitrogens with zero attached hydrogens (tertiary/aromatic N) is 1. The van der Waals surface area contributed by atoms with Crippen LogP contribution in [0.2, 0.25) is 0 Å². The average Bonchev–Trinajstić information content (AvgIpc) is 2.82. The molecule has 4 nitrogen and oxygen atoms in total. The molecule has 1 N–H and O–H groups in total. The molecule has 0 aliphatic carbocycles. The van der Waals surface area contributed by atoms with Crippen LogP contribution in [-0.4, -0.2) is 28.5 Å². The third-order valence-corrected chi connectivity index (χ3v) is 3.37. The van der Waals surface area contributed by atoms with Gasteiger partial charge in [0.2, 0.25) is 0 Å². The zero-order valence-corrected chi connectivity index (χ0v) is 10.6. The highest BCUT2D eigenvalue weighted by molar-refractivity contribution is 7.80. The molecule has 1 aliphatic heterocycles. The molecular weight excluding hydrogens is 236 g/mol. The lowest BCUT2D eigenvalue weighted by Gasteiger charge is -2.35. The number of amides is 1. The summed E-state index contributed by atoms with van der Waals surface area (Å²) in [6, 6.07) is 3.70. The Kier molecular flexibility index (Phi) is 3.78. The monoisotopic (exact) mass is 252 g/mol. The van der Waals surface area contributed by atoms with E-state index >= 15 is 0 Å². The van der Waals surface area contributed by atoms with Gasteiger partial charge in [0.1, 0.15) is 0 Å². The zero-order valence-electron chi connectivity index (χ0n) is 9.81. The number of nitrogens with one attached hydrogen (secondary N) is 1. The van der Waals surface area contributed by atoms with Gasteiger partial charge in [-0.3, -0.25) is 10.1 Å². The number of carbonyl (C=O) groups excluding carboxylic acids is 1. The van der Waals surface area contributed by atoms with Crippen molar-refractivity contribution in [1.82, 2.24) is 10.2 Å². The fourth-order valence-electron chi connectivity index (χ4n) is 2.04. The minimum atomic E-state index is -0.280. The summed E-state index contributed by atoms with van der Waals surface area (Å²) >= 11 is 5.25. The number of piperidine rings is 1. The van der Waals surface area contributed by atoms with E-state index in [0.717, 1.165) is 19.4 Å². The Bertz CT molecular complexity index is 403. The highest BCUT2D eigenvalue weighted by atomic mass is 32.1. The summed E-state index contributed by atoms with van der Waals surface area (Å²) < 4.78 is 5.02. The molecule has 0 saturated carbocycles. The predicted octanol–water partition coefficient (Wildman–Crippen LogP) is 2.17. The Morgan fingerprint density at radius 3 is 3.06 bits per heavy atom. The van der Waals surface area contributed by atoms with Crippen LogP contribution in [0.3, 0.4) is 0 Å². The van der Waals surface area contributed by atoms with Crippen LogP contribution in [0.5, 0.6) is 0 Å². The molecule has 2 rings (SSSR count). The SMILES string of the molecule is C[C@H]1CCCCN1C(=S)NC(=O)c1ccco1. The molecule has 1 aromatic heterocycles.